The summed E-state index contributed by atoms with van der Waals surface area (Å²) in [5, 5.41) is 11.5. The highest BCUT2D eigenvalue weighted by molar-refractivity contribution is 7.90. The molecule has 1 heterocycles. The largest absolute Gasteiger partial charge is 0.384 e. The van der Waals surface area contributed by atoms with Gasteiger partial charge in [0.15, 0.2) is 9.84 Å². The van der Waals surface area contributed by atoms with Crippen LogP contribution in [-0.2, 0) is 16.4 Å². The molecule has 0 amide bonds. The van der Waals surface area contributed by atoms with Gasteiger partial charge in [-0.15, -0.1) is 0 Å². The fourth-order valence-electron chi connectivity index (χ4n) is 1.72. The number of nitrogens with zero attached hydrogens (tertiary/aromatic N) is 2. The quantitative estimate of drug-likeness (QED) is 0.632. The molecule has 3 N–H and O–H groups in total. The first-order chi connectivity index (χ1) is 8.88. The standard InChI is InChI=1S/C12H14N4O2S/c1-19(17,18)10-6-15-16(8-10)7-9-4-2-3-5-11(9)12(13)14/h2-6,8H,7H2,1H3,(H3,13,14). The average molecular weight is 278 g/mol. The fraction of sp³-hybridized carbons (Fsp3) is 0.167. The molecule has 0 fully saturated rings. The molecule has 1 aromatic heterocycles. The van der Waals surface area contributed by atoms with Crippen LogP contribution in [0, 0.1) is 5.41 Å². The number of nitrogen functional groups attached to an aromatic ring is 1. The van der Waals surface area contributed by atoms with E-state index in [4.69, 9.17) is 11.1 Å². The van der Waals surface area contributed by atoms with E-state index in [-0.39, 0.29) is 10.7 Å². The van der Waals surface area contributed by atoms with Crippen molar-refractivity contribution >= 4 is 15.7 Å². The molecule has 7 heteroatoms. The van der Waals surface area contributed by atoms with Crippen LogP contribution in [0.2, 0.25) is 0 Å². The normalized spacial score (nSPS) is 11.4. The summed E-state index contributed by atoms with van der Waals surface area (Å²) >= 11 is 0. The zero-order valence-corrected chi connectivity index (χ0v) is 11.2. The summed E-state index contributed by atoms with van der Waals surface area (Å²) in [7, 11) is -3.25. The van der Waals surface area contributed by atoms with Crippen LogP contribution >= 0.6 is 0 Å². The lowest BCUT2D eigenvalue weighted by Gasteiger charge is -2.07. The molecular formula is C12H14N4O2S. The summed E-state index contributed by atoms with van der Waals surface area (Å²) in [6.07, 6.45) is 3.91. The molecule has 100 valence electrons. The predicted molar refractivity (Wildman–Crippen MR) is 71.9 cm³/mol. The number of nitrogens with two attached hydrogens (primary N) is 1. The Labute approximate surface area is 111 Å². The Morgan fingerprint density at radius 1 is 1.42 bits per heavy atom. The lowest BCUT2D eigenvalue weighted by Crippen LogP contribution is -2.15. The van der Waals surface area contributed by atoms with Gasteiger partial charge >= 0.3 is 0 Å². The first-order valence-corrected chi connectivity index (χ1v) is 7.42. The molecule has 0 saturated heterocycles. The molecular weight excluding hydrogens is 264 g/mol. The number of benzene rings is 1. The van der Waals surface area contributed by atoms with E-state index in [1.165, 1.54) is 17.1 Å². The Balaban J connectivity index is 2.32. The molecule has 0 bridgehead atoms. The predicted octanol–water partition coefficient (Wildman–Crippen LogP) is 0.619. The second-order valence-electron chi connectivity index (χ2n) is 4.22. The molecule has 0 aliphatic heterocycles. The van der Waals surface area contributed by atoms with Gasteiger partial charge in [0, 0.05) is 18.0 Å². The lowest BCUT2D eigenvalue weighted by molar-refractivity contribution is 0.601. The van der Waals surface area contributed by atoms with E-state index >= 15 is 0 Å². The maximum absolute atomic E-state index is 11.4. The third-order valence-corrected chi connectivity index (χ3v) is 3.74. The van der Waals surface area contributed by atoms with Crippen LogP contribution in [0.5, 0.6) is 0 Å². The number of hydrogen-bond acceptors (Lipinski definition) is 4. The summed E-state index contributed by atoms with van der Waals surface area (Å²) in [4.78, 5) is 0.174. The minimum atomic E-state index is -3.25. The van der Waals surface area contributed by atoms with Crippen molar-refractivity contribution in [1.82, 2.24) is 9.78 Å². The fourth-order valence-corrected chi connectivity index (χ4v) is 2.27. The highest BCUT2D eigenvalue weighted by Gasteiger charge is 2.11. The molecule has 0 unspecified atom stereocenters. The van der Waals surface area contributed by atoms with Crippen molar-refractivity contribution in [3.05, 3.63) is 47.8 Å². The van der Waals surface area contributed by atoms with Crippen LogP contribution < -0.4 is 5.73 Å². The van der Waals surface area contributed by atoms with Crippen molar-refractivity contribution in [2.75, 3.05) is 6.26 Å². The van der Waals surface area contributed by atoms with Gasteiger partial charge in [-0.3, -0.25) is 10.1 Å². The Morgan fingerprint density at radius 3 is 2.68 bits per heavy atom. The van der Waals surface area contributed by atoms with Crippen molar-refractivity contribution in [3.63, 3.8) is 0 Å². The number of aromatic nitrogens is 2. The van der Waals surface area contributed by atoms with E-state index in [1.807, 2.05) is 12.1 Å². The van der Waals surface area contributed by atoms with Gasteiger partial charge < -0.3 is 5.73 Å². The van der Waals surface area contributed by atoms with Crippen molar-refractivity contribution in [2.24, 2.45) is 5.73 Å². The number of amidine groups is 1. The zero-order chi connectivity index (χ0) is 14.0. The molecule has 0 atom stereocenters. The van der Waals surface area contributed by atoms with Gasteiger partial charge in [-0.25, -0.2) is 8.42 Å². The van der Waals surface area contributed by atoms with Crippen molar-refractivity contribution < 1.29 is 8.42 Å². The van der Waals surface area contributed by atoms with Crippen molar-refractivity contribution in [3.8, 4) is 0 Å². The van der Waals surface area contributed by atoms with E-state index in [1.54, 1.807) is 12.1 Å². The first-order valence-electron chi connectivity index (χ1n) is 5.53. The summed E-state index contributed by atoms with van der Waals surface area (Å²) in [5.41, 5.74) is 6.94. The molecule has 2 aromatic rings. The Morgan fingerprint density at radius 2 is 2.11 bits per heavy atom. The van der Waals surface area contributed by atoms with Crippen molar-refractivity contribution in [2.45, 2.75) is 11.4 Å². The van der Waals surface area contributed by atoms with Gasteiger partial charge in [0.2, 0.25) is 0 Å². The first kappa shape index (κ1) is 13.3. The van der Waals surface area contributed by atoms with E-state index in [2.05, 4.69) is 5.10 Å². The number of sulfone groups is 1. The van der Waals surface area contributed by atoms with E-state index in [0.29, 0.717) is 12.1 Å². The van der Waals surface area contributed by atoms with Crippen LogP contribution in [0.15, 0.2) is 41.6 Å². The molecule has 0 radical (unpaired) electrons. The van der Waals surface area contributed by atoms with Gasteiger partial charge in [0.1, 0.15) is 10.7 Å². The van der Waals surface area contributed by atoms with Gasteiger partial charge in [0.25, 0.3) is 0 Å². The highest BCUT2D eigenvalue weighted by Crippen LogP contribution is 2.12. The summed E-state index contributed by atoms with van der Waals surface area (Å²) in [5.74, 6) is -0.0221. The van der Waals surface area contributed by atoms with Gasteiger partial charge in [0.05, 0.1) is 12.7 Å². The Kier molecular flexibility index (Phi) is 3.39. The van der Waals surface area contributed by atoms with Crippen LogP contribution in [-0.4, -0.2) is 30.3 Å². The van der Waals surface area contributed by atoms with Crippen molar-refractivity contribution in [1.29, 1.82) is 5.41 Å². The molecule has 1 aromatic carbocycles. The minimum Gasteiger partial charge on any atom is -0.384 e. The SMILES string of the molecule is CS(=O)(=O)c1cnn(Cc2ccccc2C(=N)N)c1. The molecule has 0 aliphatic carbocycles. The van der Waals surface area contributed by atoms with E-state index in [0.717, 1.165) is 11.8 Å². The average Bonchev–Trinajstić information content (AvgIpc) is 2.77. The maximum atomic E-state index is 11.4. The number of rotatable bonds is 4. The third-order valence-electron chi connectivity index (χ3n) is 2.68. The minimum absolute atomic E-state index is 0.0221. The lowest BCUT2D eigenvalue weighted by atomic mass is 10.1. The Hall–Kier alpha value is -2.15. The molecule has 19 heavy (non-hydrogen) atoms. The van der Waals surface area contributed by atoms with E-state index < -0.39 is 9.84 Å². The third kappa shape index (κ3) is 3.00. The summed E-state index contributed by atoms with van der Waals surface area (Å²) in [6, 6.07) is 7.21. The van der Waals surface area contributed by atoms with Gasteiger partial charge in [-0.05, 0) is 5.56 Å². The van der Waals surface area contributed by atoms with Crippen LogP contribution in [0.4, 0.5) is 0 Å². The molecule has 0 spiro atoms. The second kappa shape index (κ2) is 4.85. The smallest absolute Gasteiger partial charge is 0.178 e. The molecule has 0 saturated carbocycles. The molecule has 6 nitrogen and oxygen atoms in total. The summed E-state index contributed by atoms with van der Waals surface area (Å²) in [6.45, 7) is 0.366. The monoisotopic (exact) mass is 278 g/mol. The van der Waals surface area contributed by atoms with Crippen LogP contribution in [0.3, 0.4) is 0 Å². The Bertz CT molecular complexity index is 719. The number of hydrogen-bond donors (Lipinski definition) is 2. The van der Waals surface area contributed by atoms with Crippen LogP contribution in [0.1, 0.15) is 11.1 Å². The molecule has 0 aliphatic rings. The zero-order valence-electron chi connectivity index (χ0n) is 10.4. The van der Waals surface area contributed by atoms with Gasteiger partial charge in [-0.2, -0.15) is 5.10 Å². The second-order valence-corrected chi connectivity index (χ2v) is 6.23. The summed E-state index contributed by atoms with van der Waals surface area (Å²) < 4.78 is 24.2. The highest BCUT2D eigenvalue weighted by atomic mass is 32.2. The topological polar surface area (TPSA) is 102 Å². The number of nitrogens with one attached hydrogen (secondary N) is 1. The van der Waals surface area contributed by atoms with E-state index in [9.17, 15) is 8.42 Å². The maximum Gasteiger partial charge on any atom is 0.178 e. The molecule has 2 rings (SSSR count). The van der Waals surface area contributed by atoms with Crippen LogP contribution in [0.25, 0.3) is 0 Å². The van der Waals surface area contributed by atoms with Gasteiger partial charge in [-0.1, -0.05) is 24.3 Å².